The lowest BCUT2D eigenvalue weighted by Crippen LogP contribution is -2.22. The number of hydrogen-bond donors (Lipinski definition) is 2. The van der Waals surface area contributed by atoms with Crippen LogP contribution in [-0.4, -0.2) is 17.4 Å². The Bertz CT molecular complexity index is 385. The predicted octanol–water partition coefficient (Wildman–Crippen LogP) is 1.99. The first-order chi connectivity index (χ1) is 6.98. The predicted molar refractivity (Wildman–Crippen MR) is 60.1 cm³/mol. The summed E-state index contributed by atoms with van der Waals surface area (Å²) in [5, 5.41) is 2.91. The van der Waals surface area contributed by atoms with Crippen LogP contribution in [0.25, 0.3) is 0 Å². The van der Waals surface area contributed by atoms with Gasteiger partial charge in [-0.3, -0.25) is 4.79 Å². The summed E-state index contributed by atoms with van der Waals surface area (Å²) in [7, 11) is 0. The van der Waals surface area contributed by atoms with Gasteiger partial charge in [0.05, 0.1) is 5.56 Å². The van der Waals surface area contributed by atoms with E-state index in [-0.39, 0.29) is 11.3 Å². The molecule has 1 amide bonds. The first kappa shape index (κ1) is 10.3. The summed E-state index contributed by atoms with van der Waals surface area (Å²) in [4.78, 5) is 15.1. The van der Waals surface area contributed by atoms with Crippen LogP contribution < -0.4 is 5.32 Å². The molecule has 3 heteroatoms. The zero-order valence-electron chi connectivity index (χ0n) is 9.61. The molecular formula is C12H18N2O. The molecule has 1 aliphatic heterocycles. The normalized spacial score (nSPS) is 16.9. The standard InChI is InChI=1S/C12H18N2O/c1-12(2,3)10-7-8-9(14-10)5-4-6-13-11(8)15/h7,14H,4-6H2,1-3H3,(H,13,15). The number of amides is 1. The number of hydrogen-bond acceptors (Lipinski definition) is 1. The maximum Gasteiger partial charge on any atom is 0.253 e. The van der Waals surface area contributed by atoms with Gasteiger partial charge in [0.15, 0.2) is 0 Å². The Morgan fingerprint density at radius 2 is 2.07 bits per heavy atom. The van der Waals surface area contributed by atoms with Crippen LogP contribution in [0.15, 0.2) is 6.07 Å². The zero-order valence-corrected chi connectivity index (χ0v) is 9.61. The Kier molecular flexibility index (Phi) is 2.33. The molecule has 0 bridgehead atoms. The van der Waals surface area contributed by atoms with E-state index in [1.807, 2.05) is 6.07 Å². The van der Waals surface area contributed by atoms with Crippen molar-refractivity contribution in [3.63, 3.8) is 0 Å². The lowest BCUT2D eigenvalue weighted by atomic mass is 9.92. The Morgan fingerprint density at radius 3 is 2.73 bits per heavy atom. The van der Waals surface area contributed by atoms with Crippen molar-refractivity contribution in [2.75, 3.05) is 6.54 Å². The molecule has 1 aromatic rings. The van der Waals surface area contributed by atoms with Gasteiger partial charge < -0.3 is 10.3 Å². The zero-order chi connectivity index (χ0) is 11.1. The molecule has 0 atom stereocenters. The fourth-order valence-corrected chi connectivity index (χ4v) is 1.86. The number of aromatic amines is 1. The molecule has 0 saturated heterocycles. The van der Waals surface area contributed by atoms with Crippen LogP contribution in [0.2, 0.25) is 0 Å². The highest BCUT2D eigenvalue weighted by molar-refractivity contribution is 5.96. The summed E-state index contributed by atoms with van der Waals surface area (Å²) in [6.07, 6.45) is 1.98. The van der Waals surface area contributed by atoms with Gasteiger partial charge >= 0.3 is 0 Å². The fraction of sp³-hybridized carbons (Fsp3) is 0.583. The molecule has 1 aromatic heterocycles. The molecule has 15 heavy (non-hydrogen) atoms. The number of carbonyl (C=O) groups excluding carboxylic acids is 1. The van der Waals surface area contributed by atoms with E-state index in [0.29, 0.717) is 0 Å². The summed E-state index contributed by atoms with van der Waals surface area (Å²) in [5.74, 6) is 0.0641. The molecule has 3 nitrogen and oxygen atoms in total. The summed E-state index contributed by atoms with van der Waals surface area (Å²) in [5.41, 5.74) is 3.14. The third-order valence-electron chi connectivity index (χ3n) is 2.84. The van der Waals surface area contributed by atoms with Crippen LogP contribution in [0.4, 0.5) is 0 Å². The molecule has 82 valence electrons. The molecule has 0 spiro atoms. The van der Waals surface area contributed by atoms with E-state index in [9.17, 15) is 4.79 Å². The number of H-pyrrole nitrogens is 1. The summed E-state index contributed by atoms with van der Waals surface area (Å²) in [6.45, 7) is 7.23. The Balaban J connectivity index is 2.42. The average molecular weight is 206 g/mol. The molecule has 1 aliphatic rings. The van der Waals surface area contributed by atoms with Crippen molar-refractivity contribution in [2.45, 2.75) is 39.0 Å². The molecule has 2 rings (SSSR count). The topological polar surface area (TPSA) is 44.9 Å². The summed E-state index contributed by atoms with van der Waals surface area (Å²) < 4.78 is 0. The minimum absolute atomic E-state index is 0.0641. The molecule has 0 unspecified atom stereocenters. The van der Waals surface area contributed by atoms with Gasteiger partial charge in [0.25, 0.3) is 5.91 Å². The first-order valence-corrected chi connectivity index (χ1v) is 5.49. The van der Waals surface area contributed by atoms with Gasteiger partial charge in [-0.05, 0) is 18.9 Å². The average Bonchev–Trinajstić information content (AvgIpc) is 2.49. The van der Waals surface area contributed by atoms with Crippen LogP contribution >= 0.6 is 0 Å². The SMILES string of the molecule is CC(C)(C)c1cc2c([nH]1)CCCNC2=O. The highest BCUT2D eigenvalue weighted by Gasteiger charge is 2.23. The third kappa shape index (κ3) is 1.91. The Morgan fingerprint density at radius 1 is 1.33 bits per heavy atom. The van der Waals surface area contributed by atoms with Crippen LogP contribution in [0.3, 0.4) is 0 Å². The monoisotopic (exact) mass is 206 g/mol. The largest absolute Gasteiger partial charge is 0.361 e. The van der Waals surface area contributed by atoms with Gasteiger partial charge in [-0.25, -0.2) is 0 Å². The van der Waals surface area contributed by atoms with Gasteiger partial charge in [-0.1, -0.05) is 20.8 Å². The molecule has 2 N–H and O–H groups in total. The van der Waals surface area contributed by atoms with E-state index in [1.165, 1.54) is 0 Å². The van der Waals surface area contributed by atoms with E-state index in [0.717, 1.165) is 36.3 Å². The Hall–Kier alpha value is -1.25. The van der Waals surface area contributed by atoms with Gasteiger partial charge in [0.2, 0.25) is 0 Å². The van der Waals surface area contributed by atoms with Crippen molar-refractivity contribution in [3.05, 3.63) is 23.0 Å². The highest BCUT2D eigenvalue weighted by Crippen LogP contribution is 2.25. The maximum atomic E-state index is 11.7. The van der Waals surface area contributed by atoms with Crippen LogP contribution in [0.1, 0.15) is 48.9 Å². The van der Waals surface area contributed by atoms with E-state index < -0.39 is 0 Å². The molecule has 0 aliphatic carbocycles. The van der Waals surface area contributed by atoms with E-state index >= 15 is 0 Å². The molecular weight excluding hydrogens is 188 g/mol. The van der Waals surface area contributed by atoms with Crippen molar-refractivity contribution in [3.8, 4) is 0 Å². The van der Waals surface area contributed by atoms with Gasteiger partial charge in [-0.15, -0.1) is 0 Å². The van der Waals surface area contributed by atoms with Gasteiger partial charge in [0, 0.05) is 23.3 Å². The van der Waals surface area contributed by atoms with Crippen molar-refractivity contribution >= 4 is 5.91 Å². The van der Waals surface area contributed by atoms with Crippen molar-refractivity contribution in [1.29, 1.82) is 0 Å². The minimum Gasteiger partial charge on any atom is -0.361 e. The van der Waals surface area contributed by atoms with Crippen LogP contribution in [-0.2, 0) is 11.8 Å². The fourth-order valence-electron chi connectivity index (χ4n) is 1.86. The second kappa shape index (κ2) is 3.40. The Labute approximate surface area is 90.3 Å². The van der Waals surface area contributed by atoms with Crippen LogP contribution in [0.5, 0.6) is 0 Å². The highest BCUT2D eigenvalue weighted by atomic mass is 16.1. The molecule has 0 radical (unpaired) electrons. The quantitative estimate of drug-likeness (QED) is 0.670. The second-order valence-electron chi connectivity index (χ2n) is 5.18. The third-order valence-corrected chi connectivity index (χ3v) is 2.84. The number of nitrogens with one attached hydrogen (secondary N) is 2. The van der Waals surface area contributed by atoms with E-state index in [4.69, 9.17) is 0 Å². The lowest BCUT2D eigenvalue weighted by Gasteiger charge is -2.16. The number of aromatic nitrogens is 1. The molecule has 2 heterocycles. The second-order valence-corrected chi connectivity index (χ2v) is 5.18. The number of carbonyl (C=O) groups is 1. The van der Waals surface area contributed by atoms with Gasteiger partial charge in [-0.2, -0.15) is 0 Å². The smallest absolute Gasteiger partial charge is 0.253 e. The van der Waals surface area contributed by atoms with Gasteiger partial charge in [0.1, 0.15) is 0 Å². The minimum atomic E-state index is 0.0641. The van der Waals surface area contributed by atoms with Crippen molar-refractivity contribution in [1.82, 2.24) is 10.3 Å². The number of rotatable bonds is 0. The molecule has 0 aromatic carbocycles. The number of fused-ring (bicyclic) bond motifs is 1. The molecule has 0 saturated carbocycles. The maximum absolute atomic E-state index is 11.7. The lowest BCUT2D eigenvalue weighted by molar-refractivity contribution is 0.0956. The summed E-state index contributed by atoms with van der Waals surface area (Å²) in [6, 6.07) is 2.00. The van der Waals surface area contributed by atoms with E-state index in [2.05, 4.69) is 31.1 Å². The van der Waals surface area contributed by atoms with Crippen molar-refractivity contribution < 1.29 is 4.79 Å². The van der Waals surface area contributed by atoms with Crippen LogP contribution in [0, 0.1) is 0 Å². The molecule has 0 fully saturated rings. The number of aryl methyl sites for hydroxylation is 1. The van der Waals surface area contributed by atoms with E-state index in [1.54, 1.807) is 0 Å². The first-order valence-electron chi connectivity index (χ1n) is 5.49. The van der Waals surface area contributed by atoms with Crippen molar-refractivity contribution in [2.24, 2.45) is 0 Å². The summed E-state index contributed by atoms with van der Waals surface area (Å²) >= 11 is 0.